The zero-order chi connectivity index (χ0) is 19.1. The molecule has 5 nitrogen and oxygen atoms in total. The first-order chi connectivity index (χ1) is 13.1. The van der Waals surface area contributed by atoms with E-state index in [0.29, 0.717) is 16.9 Å². The highest BCUT2D eigenvalue weighted by Crippen LogP contribution is 2.21. The fourth-order valence-corrected chi connectivity index (χ4v) is 2.96. The van der Waals surface area contributed by atoms with Gasteiger partial charge in [-0.1, -0.05) is 36.4 Å². The molecule has 27 heavy (non-hydrogen) atoms. The Morgan fingerprint density at radius 3 is 2.33 bits per heavy atom. The van der Waals surface area contributed by atoms with Crippen LogP contribution in [-0.4, -0.2) is 18.5 Å². The van der Waals surface area contributed by atoms with E-state index in [-0.39, 0.29) is 12.5 Å². The summed E-state index contributed by atoms with van der Waals surface area (Å²) in [7, 11) is 0. The number of esters is 1. The summed E-state index contributed by atoms with van der Waals surface area (Å²) in [5, 5.41) is 5.89. The molecule has 0 aliphatic heterocycles. The Morgan fingerprint density at radius 2 is 1.56 bits per heavy atom. The molecule has 0 heterocycles. The van der Waals surface area contributed by atoms with E-state index in [4.69, 9.17) is 4.74 Å². The first-order valence-corrected chi connectivity index (χ1v) is 9.33. The number of carbonyl (C=O) groups is 2. The fraction of sp³-hybridized carbons (Fsp3) is 0.0476. The third-order valence-corrected chi connectivity index (χ3v) is 4.31. The smallest absolute Gasteiger partial charge is 0.340 e. The quantitative estimate of drug-likeness (QED) is 0.399. The number of hydrogen-bond acceptors (Lipinski definition) is 4. The first-order valence-electron chi connectivity index (χ1n) is 8.25. The van der Waals surface area contributed by atoms with Crippen LogP contribution in [0.25, 0.3) is 0 Å². The average molecular weight is 472 g/mol. The van der Waals surface area contributed by atoms with Crippen LogP contribution in [0.15, 0.2) is 78.9 Å². The summed E-state index contributed by atoms with van der Waals surface area (Å²) in [4.78, 5) is 24.5. The van der Waals surface area contributed by atoms with Crippen molar-refractivity contribution in [1.82, 2.24) is 0 Å². The van der Waals surface area contributed by atoms with Crippen LogP contribution in [-0.2, 0) is 9.53 Å². The highest BCUT2D eigenvalue weighted by atomic mass is 127. The van der Waals surface area contributed by atoms with Gasteiger partial charge in [0.2, 0.25) is 0 Å². The minimum Gasteiger partial charge on any atom is -0.452 e. The molecule has 6 heteroatoms. The predicted octanol–water partition coefficient (Wildman–Crippen LogP) is 4.83. The summed E-state index contributed by atoms with van der Waals surface area (Å²) in [6.45, 7) is -0.357. The lowest BCUT2D eigenvalue weighted by Crippen LogP contribution is -2.21. The van der Waals surface area contributed by atoms with E-state index < -0.39 is 5.97 Å². The van der Waals surface area contributed by atoms with Crippen LogP contribution in [0, 0.1) is 3.57 Å². The van der Waals surface area contributed by atoms with Gasteiger partial charge in [-0.15, -0.1) is 0 Å². The van der Waals surface area contributed by atoms with Crippen LogP contribution in [0.5, 0.6) is 0 Å². The number of para-hydroxylation sites is 2. The number of amides is 1. The summed E-state index contributed by atoms with van der Waals surface area (Å²) in [6, 6.07) is 23.9. The van der Waals surface area contributed by atoms with E-state index in [1.54, 1.807) is 24.3 Å². The van der Waals surface area contributed by atoms with Crippen LogP contribution in [0.4, 0.5) is 17.1 Å². The lowest BCUT2D eigenvalue weighted by Gasteiger charge is -2.12. The number of ether oxygens (including phenoxy) is 1. The minimum absolute atomic E-state index is 0.357. The Morgan fingerprint density at radius 1 is 0.852 bits per heavy atom. The van der Waals surface area contributed by atoms with Crippen molar-refractivity contribution in [3.8, 4) is 0 Å². The molecule has 0 fully saturated rings. The number of benzene rings is 3. The average Bonchev–Trinajstić information content (AvgIpc) is 2.67. The molecule has 3 aromatic carbocycles. The molecular formula is C21H17IN2O3. The lowest BCUT2D eigenvalue weighted by molar-refractivity contribution is -0.119. The van der Waals surface area contributed by atoms with E-state index >= 15 is 0 Å². The van der Waals surface area contributed by atoms with E-state index in [0.717, 1.165) is 9.26 Å². The van der Waals surface area contributed by atoms with Gasteiger partial charge in [-0.05, 0) is 65.1 Å². The van der Waals surface area contributed by atoms with Gasteiger partial charge < -0.3 is 15.4 Å². The molecule has 3 rings (SSSR count). The Bertz CT molecular complexity index is 945. The Kier molecular flexibility index (Phi) is 6.43. The van der Waals surface area contributed by atoms with Gasteiger partial charge in [-0.2, -0.15) is 0 Å². The van der Waals surface area contributed by atoms with Crippen LogP contribution in [0.3, 0.4) is 0 Å². The number of carbonyl (C=O) groups excluding carboxylic acids is 2. The van der Waals surface area contributed by atoms with Crippen molar-refractivity contribution in [2.45, 2.75) is 0 Å². The van der Waals surface area contributed by atoms with Crippen LogP contribution < -0.4 is 10.6 Å². The summed E-state index contributed by atoms with van der Waals surface area (Å²) in [5.74, 6) is -0.953. The van der Waals surface area contributed by atoms with E-state index in [1.807, 2.05) is 54.6 Å². The zero-order valence-corrected chi connectivity index (χ0v) is 16.5. The van der Waals surface area contributed by atoms with Crippen molar-refractivity contribution in [2.75, 3.05) is 17.2 Å². The Balaban J connectivity index is 1.62. The van der Waals surface area contributed by atoms with Gasteiger partial charge in [-0.25, -0.2) is 4.79 Å². The maximum absolute atomic E-state index is 12.4. The van der Waals surface area contributed by atoms with Crippen molar-refractivity contribution in [3.63, 3.8) is 0 Å². The summed E-state index contributed by atoms with van der Waals surface area (Å²) in [5.41, 5.74) is 2.50. The number of rotatable bonds is 6. The Hall–Kier alpha value is -2.87. The standard InChI is InChI=1S/C21H17IN2O3/c22-15-7-6-10-17(13-15)24-20(25)14-27-21(26)18-11-4-5-12-19(18)23-16-8-2-1-3-9-16/h1-13,23H,14H2,(H,24,25). The zero-order valence-electron chi connectivity index (χ0n) is 14.3. The summed E-state index contributed by atoms with van der Waals surface area (Å²) >= 11 is 2.16. The molecule has 0 atom stereocenters. The molecule has 0 radical (unpaired) electrons. The second kappa shape index (κ2) is 9.18. The van der Waals surface area contributed by atoms with Gasteiger partial charge in [0.25, 0.3) is 5.91 Å². The molecule has 0 aliphatic carbocycles. The SMILES string of the molecule is O=C(COC(=O)c1ccccc1Nc1ccccc1)Nc1cccc(I)c1. The molecule has 2 N–H and O–H groups in total. The molecule has 0 aromatic heterocycles. The van der Waals surface area contributed by atoms with Crippen molar-refractivity contribution in [1.29, 1.82) is 0 Å². The molecule has 0 spiro atoms. The van der Waals surface area contributed by atoms with E-state index in [2.05, 4.69) is 33.2 Å². The predicted molar refractivity (Wildman–Crippen MR) is 114 cm³/mol. The second-order valence-electron chi connectivity index (χ2n) is 5.67. The van der Waals surface area contributed by atoms with Crippen molar-refractivity contribution >= 4 is 51.5 Å². The largest absolute Gasteiger partial charge is 0.452 e. The highest BCUT2D eigenvalue weighted by Gasteiger charge is 2.14. The molecular weight excluding hydrogens is 455 g/mol. The molecule has 0 bridgehead atoms. The topological polar surface area (TPSA) is 67.4 Å². The molecule has 0 saturated heterocycles. The third-order valence-electron chi connectivity index (χ3n) is 3.64. The van der Waals surface area contributed by atoms with Crippen molar-refractivity contribution in [3.05, 3.63) is 88.0 Å². The maximum atomic E-state index is 12.4. The first kappa shape index (κ1) is 18.9. The number of anilines is 3. The van der Waals surface area contributed by atoms with E-state index in [1.165, 1.54) is 0 Å². The molecule has 3 aromatic rings. The summed E-state index contributed by atoms with van der Waals surface area (Å²) < 4.78 is 6.18. The van der Waals surface area contributed by atoms with Gasteiger partial charge in [0.15, 0.2) is 6.61 Å². The van der Waals surface area contributed by atoms with Gasteiger partial charge in [0.1, 0.15) is 0 Å². The lowest BCUT2D eigenvalue weighted by atomic mass is 10.1. The summed E-state index contributed by atoms with van der Waals surface area (Å²) in [6.07, 6.45) is 0. The fourth-order valence-electron chi connectivity index (χ4n) is 2.42. The van der Waals surface area contributed by atoms with Crippen molar-refractivity contribution < 1.29 is 14.3 Å². The Labute approximate surface area is 170 Å². The molecule has 0 unspecified atom stereocenters. The minimum atomic E-state index is -0.563. The normalized spacial score (nSPS) is 10.1. The molecule has 1 amide bonds. The van der Waals surface area contributed by atoms with Gasteiger partial charge >= 0.3 is 5.97 Å². The number of hydrogen-bond donors (Lipinski definition) is 2. The number of halogens is 1. The second-order valence-corrected chi connectivity index (χ2v) is 6.92. The van der Waals surface area contributed by atoms with Crippen molar-refractivity contribution in [2.24, 2.45) is 0 Å². The number of nitrogens with one attached hydrogen (secondary N) is 2. The molecule has 136 valence electrons. The maximum Gasteiger partial charge on any atom is 0.340 e. The monoisotopic (exact) mass is 472 g/mol. The van der Waals surface area contributed by atoms with Gasteiger partial charge in [0, 0.05) is 14.9 Å². The van der Waals surface area contributed by atoms with Gasteiger partial charge in [-0.3, -0.25) is 4.79 Å². The third kappa shape index (κ3) is 5.55. The van der Waals surface area contributed by atoms with E-state index in [9.17, 15) is 9.59 Å². The molecule has 0 saturated carbocycles. The highest BCUT2D eigenvalue weighted by molar-refractivity contribution is 14.1. The molecule has 0 aliphatic rings. The van der Waals surface area contributed by atoms with Crippen LogP contribution in [0.2, 0.25) is 0 Å². The van der Waals surface area contributed by atoms with Gasteiger partial charge in [0.05, 0.1) is 11.3 Å². The van der Waals surface area contributed by atoms with Crippen LogP contribution >= 0.6 is 22.6 Å². The van der Waals surface area contributed by atoms with Crippen LogP contribution in [0.1, 0.15) is 10.4 Å².